The van der Waals surface area contributed by atoms with Crippen LogP contribution in [0.25, 0.3) is 0 Å². The van der Waals surface area contributed by atoms with Crippen molar-refractivity contribution in [1.29, 1.82) is 0 Å². The first-order valence-corrected chi connectivity index (χ1v) is 12.7. The fraction of sp³-hybridized carbons (Fsp3) is 0.222. The van der Waals surface area contributed by atoms with Crippen LogP contribution in [0, 0.1) is 0 Å². The van der Waals surface area contributed by atoms with Crippen molar-refractivity contribution >= 4 is 13.6 Å². The van der Waals surface area contributed by atoms with Gasteiger partial charge >= 0.3 is 7.75 Å². The van der Waals surface area contributed by atoms with Crippen LogP contribution in [0.15, 0.2) is 101 Å². The lowest BCUT2D eigenvalue weighted by atomic mass is 10.0. The van der Waals surface area contributed by atoms with Crippen LogP contribution in [-0.4, -0.2) is 23.9 Å². The summed E-state index contributed by atoms with van der Waals surface area (Å²) in [5, 5.41) is 0. The van der Waals surface area contributed by atoms with E-state index in [1.165, 1.54) is 0 Å². The number of benzene rings is 3. The molecule has 1 atom stereocenters. The number of nitrogens with zero attached hydrogens (tertiary/aromatic N) is 2. The molecule has 0 bridgehead atoms. The van der Waals surface area contributed by atoms with Crippen LogP contribution >= 0.6 is 7.75 Å². The minimum atomic E-state index is -3.94. The molecule has 0 saturated heterocycles. The maximum atomic E-state index is 14.0. The molecular weight excluding hydrogens is 447 g/mol. The fourth-order valence-electron chi connectivity index (χ4n) is 3.83. The Bertz CT molecular complexity index is 1150. The summed E-state index contributed by atoms with van der Waals surface area (Å²) in [7, 11) is -2.29. The van der Waals surface area contributed by atoms with Crippen LogP contribution < -0.4 is 13.8 Å². The smallest absolute Gasteiger partial charge is 0.497 e. The Kier molecular flexibility index (Phi) is 7.39. The minimum Gasteiger partial charge on any atom is -0.497 e. The van der Waals surface area contributed by atoms with E-state index in [1.54, 1.807) is 31.4 Å². The molecule has 1 unspecified atom stereocenters. The quantitative estimate of drug-likeness (QED) is 0.261. The highest BCUT2D eigenvalue weighted by atomic mass is 31.2. The topological polar surface area (TPSA) is 60.4 Å². The molecule has 1 heterocycles. The van der Waals surface area contributed by atoms with Gasteiger partial charge in [0.25, 0.3) is 0 Å². The normalized spacial score (nSPS) is 17.3. The van der Waals surface area contributed by atoms with E-state index < -0.39 is 7.75 Å². The van der Waals surface area contributed by atoms with Gasteiger partial charge < -0.3 is 18.7 Å². The Morgan fingerprint density at radius 3 is 1.97 bits per heavy atom. The summed E-state index contributed by atoms with van der Waals surface area (Å²) in [4.78, 5) is 2.13. The summed E-state index contributed by atoms with van der Waals surface area (Å²) in [5.74, 6) is 2.34. The third-order valence-electron chi connectivity index (χ3n) is 5.46. The van der Waals surface area contributed by atoms with Gasteiger partial charge in [0.2, 0.25) is 0 Å². The van der Waals surface area contributed by atoms with Crippen molar-refractivity contribution in [3.05, 3.63) is 102 Å². The molecule has 0 spiro atoms. The molecule has 0 amide bonds. The number of rotatable bonds is 8. The highest BCUT2D eigenvalue weighted by Gasteiger charge is 2.33. The highest BCUT2D eigenvalue weighted by molar-refractivity contribution is 7.53. The van der Waals surface area contributed by atoms with Gasteiger partial charge in [-0.25, -0.2) is 4.57 Å². The van der Waals surface area contributed by atoms with Crippen molar-refractivity contribution in [1.82, 2.24) is 4.90 Å². The van der Waals surface area contributed by atoms with Gasteiger partial charge in [-0.2, -0.15) is 0 Å². The van der Waals surface area contributed by atoms with E-state index in [-0.39, 0.29) is 6.04 Å². The van der Waals surface area contributed by atoms with E-state index >= 15 is 0 Å². The largest absolute Gasteiger partial charge is 0.564 e. The summed E-state index contributed by atoms with van der Waals surface area (Å²) < 4.78 is 35.7. The zero-order valence-corrected chi connectivity index (χ0v) is 20.5. The van der Waals surface area contributed by atoms with Crippen LogP contribution in [0.3, 0.4) is 0 Å². The Morgan fingerprint density at radius 2 is 1.44 bits per heavy atom. The van der Waals surface area contributed by atoms with Crippen LogP contribution in [-0.2, 0) is 11.1 Å². The van der Waals surface area contributed by atoms with Gasteiger partial charge in [0.05, 0.1) is 7.11 Å². The molecule has 7 heteroatoms. The maximum absolute atomic E-state index is 14.0. The third kappa shape index (κ3) is 6.09. The number of para-hydroxylation sites is 2. The van der Waals surface area contributed by atoms with Gasteiger partial charge in [-0.3, -0.25) is 0 Å². The van der Waals surface area contributed by atoms with E-state index in [0.29, 0.717) is 30.3 Å². The monoisotopic (exact) mass is 476 g/mol. The van der Waals surface area contributed by atoms with E-state index in [1.807, 2.05) is 60.7 Å². The van der Waals surface area contributed by atoms with Gasteiger partial charge in [0.1, 0.15) is 23.1 Å². The average Bonchev–Trinajstić information content (AvgIpc) is 2.83. The second-order valence-corrected chi connectivity index (χ2v) is 9.70. The van der Waals surface area contributed by atoms with Crippen molar-refractivity contribution in [3.8, 4) is 17.2 Å². The maximum Gasteiger partial charge on any atom is 0.564 e. The van der Waals surface area contributed by atoms with Gasteiger partial charge in [0.15, 0.2) is 0 Å². The van der Waals surface area contributed by atoms with Crippen molar-refractivity contribution in [2.24, 2.45) is 4.76 Å². The van der Waals surface area contributed by atoms with Crippen molar-refractivity contribution in [2.75, 3.05) is 7.11 Å². The SMILES string of the molecule is COc1ccc(CN2/C(=N\P(=O)(Oc3ccccc3)Oc3ccccc3)CC(C)=CC2C)cc1. The molecule has 1 aliphatic rings. The lowest BCUT2D eigenvalue weighted by Gasteiger charge is -2.35. The molecule has 0 fully saturated rings. The van der Waals surface area contributed by atoms with E-state index in [0.717, 1.165) is 16.9 Å². The molecule has 0 N–H and O–H groups in total. The molecule has 6 nitrogen and oxygen atoms in total. The molecule has 1 aliphatic heterocycles. The van der Waals surface area contributed by atoms with E-state index in [9.17, 15) is 4.57 Å². The molecule has 0 aromatic heterocycles. The number of hydrogen-bond donors (Lipinski definition) is 0. The van der Waals surface area contributed by atoms with Gasteiger partial charge in [-0.05, 0) is 55.8 Å². The van der Waals surface area contributed by atoms with Crippen molar-refractivity contribution < 1.29 is 18.3 Å². The molecule has 0 aliphatic carbocycles. The Morgan fingerprint density at radius 1 is 0.882 bits per heavy atom. The summed E-state index contributed by atoms with van der Waals surface area (Å²) >= 11 is 0. The zero-order chi connectivity index (χ0) is 24.0. The van der Waals surface area contributed by atoms with Gasteiger partial charge in [-0.1, -0.05) is 60.2 Å². The predicted octanol–water partition coefficient (Wildman–Crippen LogP) is 6.90. The van der Waals surface area contributed by atoms with Gasteiger partial charge in [0, 0.05) is 19.0 Å². The first-order valence-electron chi connectivity index (χ1n) is 11.2. The number of ether oxygens (including phenoxy) is 1. The van der Waals surface area contributed by atoms with E-state index in [2.05, 4.69) is 29.6 Å². The summed E-state index contributed by atoms with van der Waals surface area (Å²) in [6, 6.07) is 26.0. The average molecular weight is 477 g/mol. The lowest BCUT2D eigenvalue weighted by molar-refractivity contribution is 0.350. The molecular formula is C27H29N2O4P. The van der Waals surface area contributed by atoms with Crippen molar-refractivity contribution in [2.45, 2.75) is 32.9 Å². The molecule has 3 aromatic rings. The second-order valence-electron chi connectivity index (χ2n) is 8.20. The second kappa shape index (κ2) is 10.6. The Hall–Kier alpha value is -3.50. The minimum absolute atomic E-state index is 0.0662. The lowest BCUT2D eigenvalue weighted by Crippen LogP contribution is -2.40. The van der Waals surface area contributed by atoms with E-state index in [4.69, 9.17) is 13.8 Å². The number of amidine groups is 1. The number of hydrogen-bond acceptors (Lipinski definition) is 4. The summed E-state index contributed by atoms with van der Waals surface area (Å²) in [5.41, 5.74) is 2.25. The third-order valence-corrected chi connectivity index (χ3v) is 6.82. The molecule has 34 heavy (non-hydrogen) atoms. The van der Waals surface area contributed by atoms with Gasteiger partial charge in [-0.15, -0.1) is 4.76 Å². The molecule has 0 saturated carbocycles. The van der Waals surface area contributed by atoms with Crippen LogP contribution in [0.5, 0.6) is 17.2 Å². The first-order chi connectivity index (χ1) is 16.4. The van der Waals surface area contributed by atoms with Crippen LogP contribution in [0.4, 0.5) is 0 Å². The number of methoxy groups -OCH3 is 1. The fourth-order valence-corrected chi connectivity index (χ4v) is 5.20. The standard InChI is InChI=1S/C27H29N2O4P/c1-21-18-22(2)29(20-23-14-16-24(31-3)17-15-23)27(19-21)28-34(30,32-25-10-6-4-7-11-25)33-26-12-8-5-9-13-26/h4-18,22H,19-20H2,1-3H3/b28-27-. The summed E-state index contributed by atoms with van der Waals surface area (Å²) in [6.07, 6.45) is 2.75. The molecule has 3 aromatic carbocycles. The highest BCUT2D eigenvalue weighted by Crippen LogP contribution is 2.51. The molecule has 0 radical (unpaired) electrons. The summed E-state index contributed by atoms with van der Waals surface area (Å²) in [6.45, 7) is 4.75. The zero-order valence-electron chi connectivity index (χ0n) is 19.6. The first kappa shape index (κ1) is 23.7. The van der Waals surface area contributed by atoms with Crippen molar-refractivity contribution in [3.63, 3.8) is 0 Å². The molecule has 4 rings (SSSR count). The van der Waals surface area contributed by atoms with Crippen LogP contribution in [0.1, 0.15) is 25.8 Å². The Balaban J connectivity index is 1.69. The van der Waals surface area contributed by atoms with Crippen LogP contribution in [0.2, 0.25) is 0 Å². The Labute approximate surface area is 201 Å². The molecule has 176 valence electrons. The predicted molar refractivity (Wildman–Crippen MR) is 136 cm³/mol.